The Morgan fingerprint density at radius 1 is 1.33 bits per heavy atom. The molecule has 0 aromatic rings. The summed E-state index contributed by atoms with van der Waals surface area (Å²) in [6.07, 6.45) is 2.75. The van der Waals surface area contributed by atoms with Crippen molar-refractivity contribution in [1.82, 2.24) is 0 Å². The SMILES string of the molecule is CC1(C)[C@H](N)C[C@H]2C[C@H]21. The lowest BCUT2D eigenvalue weighted by molar-refractivity contribution is 0.280. The molecule has 2 aliphatic rings. The molecule has 2 saturated carbocycles. The van der Waals surface area contributed by atoms with Crippen molar-refractivity contribution in [3.05, 3.63) is 0 Å². The monoisotopic (exact) mass is 125 g/mol. The van der Waals surface area contributed by atoms with Gasteiger partial charge in [0, 0.05) is 6.04 Å². The lowest BCUT2D eigenvalue weighted by Gasteiger charge is -2.26. The van der Waals surface area contributed by atoms with Gasteiger partial charge in [-0.1, -0.05) is 13.8 Å². The summed E-state index contributed by atoms with van der Waals surface area (Å²) >= 11 is 0. The lowest BCUT2D eigenvalue weighted by Crippen LogP contribution is -2.34. The maximum atomic E-state index is 5.93. The summed E-state index contributed by atoms with van der Waals surface area (Å²) in [6.45, 7) is 4.63. The normalized spacial score (nSPS) is 53.0. The van der Waals surface area contributed by atoms with Crippen molar-refractivity contribution in [2.24, 2.45) is 23.0 Å². The van der Waals surface area contributed by atoms with Gasteiger partial charge in [0.15, 0.2) is 0 Å². The van der Waals surface area contributed by atoms with Crippen LogP contribution in [-0.2, 0) is 0 Å². The number of nitrogens with two attached hydrogens (primary N) is 1. The third-order valence-electron chi connectivity index (χ3n) is 3.39. The summed E-state index contributed by atoms with van der Waals surface area (Å²) in [5.74, 6) is 1.99. The van der Waals surface area contributed by atoms with Crippen molar-refractivity contribution in [1.29, 1.82) is 0 Å². The molecule has 0 amide bonds. The van der Waals surface area contributed by atoms with Gasteiger partial charge in [-0.25, -0.2) is 0 Å². The van der Waals surface area contributed by atoms with Crippen LogP contribution in [0.2, 0.25) is 0 Å². The highest BCUT2D eigenvalue weighted by molar-refractivity contribution is 5.08. The second-order valence-corrected chi connectivity index (χ2v) is 4.27. The maximum absolute atomic E-state index is 5.93. The number of hydrogen-bond donors (Lipinski definition) is 1. The predicted octanol–water partition coefficient (Wildman–Crippen LogP) is 1.38. The van der Waals surface area contributed by atoms with Crippen molar-refractivity contribution in [3.8, 4) is 0 Å². The highest BCUT2D eigenvalue weighted by Gasteiger charge is 2.56. The zero-order valence-electron chi connectivity index (χ0n) is 6.22. The average molecular weight is 125 g/mol. The van der Waals surface area contributed by atoms with Gasteiger partial charge in [0.1, 0.15) is 0 Å². The molecule has 0 aliphatic heterocycles. The van der Waals surface area contributed by atoms with Crippen LogP contribution in [0.4, 0.5) is 0 Å². The van der Waals surface area contributed by atoms with E-state index in [0.717, 1.165) is 11.8 Å². The Labute approximate surface area is 56.6 Å². The van der Waals surface area contributed by atoms with Crippen LogP contribution in [0.3, 0.4) is 0 Å². The fraction of sp³-hybridized carbons (Fsp3) is 1.00. The summed E-state index contributed by atoms with van der Waals surface area (Å²) in [4.78, 5) is 0. The highest BCUT2D eigenvalue weighted by atomic mass is 14.8. The number of fused-ring (bicyclic) bond motifs is 1. The van der Waals surface area contributed by atoms with E-state index in [1.165, 1.54) is 12.8 Å². The third-order valence-corrected chi connectivity index (χ3v) is 3.39. The molecule has 0 heterocycles. The van der Waals surface area contributed by atoms with Gasteiger partial charge in [-0.2, -0.15) is 0 Å². The van der Waals surface area contributed by atoms with Crippen LogP contribution in [0.5, 0.6) is 0 Å². The minimum Gasteiger partial charge on any atom is -0.327 e. The molecular formula is C8H15N. The predicted molar refractivity (Wildman–Crippen MR) is 38.0 cm³/mol. The molecular weight excluding hydrogens is 110 g/mol. The molecule has 1 nitrogen and oxygen atoms in total. The molecule has 0 aromatic carbocycles. The number of rotatable bonds is 0. The summed E-state index contributed by atoms with van der Waals surface area (Å²) in [5.41, 5.74) is 6.40. The zero-order chi connectivity index (χ0) is 6.65. The van der Waals surface area contributed by atoms with Crippen molar-refractivity contribution in [2.75, 3.05) is 0 Å². The standard InChI is InChI=1S/C8H15N/c1-8(2)6-3-5(6)4-7(8)9/h5-7H,3-4,9H2,1-2H3/t5-,6-,7-/m1/s1. The van der Waals surface area contributed by atoms with Crippen LogP contribution in [0, 0.1) is 17.3 Å². The van der Waals surface area contributed by atoms with E-state index in [0.29, 0.717) is 11.5 Å². The van der Waals surface area contributed by atoms with Crippen molar-refractivity contribution in [3.63, 3.8) is 0 Å². The topological polar surface area (TPSA) is 26.0 Å². The Balaban J connectivity index is 2.20. The van der Waals surface area contributed by atoms with Crippen LogP contribution in [0.25, 0.3) is 0 Å². The quantitative estimate of drug-likeness (QED) is 0.520. The molecule has 0 aromatic heterocycles. The van der Waals surface area contributed by atoms with E-state index in [-0.39, 0.29) is 0 Å². The molecule has 2 fully saturated rings. The van der Waals surface area contributed by atoms with Crippen LogP contribution < -0.4 is 5.73 Å². The fourth-order valence-electron chi connectivity index (χ4n) is 2.32. The molecule has 0 saturated heterocycles. The summed E-state index contributed by atoms with van der Waals surface area (Å²) in [7, 11) is 0. The Morgan fingerprint density at radius 2 is 2.00 bits per heavy atom. The fourth-order valence-corrected chi connectivity index (χ4v) is 2.32. The van der Waals surface area contributed by atoms with Crippen LogP contribution in [0.15, 0.2) is 0 Å². The van der Waals surface area contributed by atoms with E-state index in [4.69, 9.17) is 5.73 Å². The second-order valence-electron chi connectivity index (χ2n) is 4.27. The zero-order valence-corrected chi connectivity index (χ0v) is 6.22. The summed E-state index contributed by atoms with van der Waals surface area (Å²) < 4.78 is 0. The van der Waals surface area contributed by atoms with E-state index >= 15 is 0 Å². The average Bonchev–Trinajstić information content (AvgIpc) is 2.41. The van der Waals surface area contributed by atoms with Gasteiger partial charge in [0.05, 0.1) is 0 Å². The molecule has 2 aliphatic carbocycles. The van der Waals surface area contributed by atoms with E-state index < -0.39 is 0 Å². The van der Waals surface area contributed by atoms with E-state index in [1.54, 1.807) is 0 Å². The highest BCUT2D eigenvalue weighted by Crippen LogP contribution is 2.61. The first-order chi connectivity index (χ1) is 4.12. The summed E-state index contributed by atoms with van der Waals surface area (Å²) in [6, 6.07) is 0.487. The van der Waals surface area contributed by atoms with Gasteiger partial charge in [-0.3, -0.25) is 0 Å². The van der Waals surface area contributed by atoms with Crippen LogP contribution in [0.1, 0.15) is 26.7 Å². The molecule has 52 valence electrons. The molecule has 2 N–H and O–H groups in total. The largest absolute Gasteiger partial charge is 0.327 e. The summed E-state index contributed by atoms with van der Waals surface area (Å²) in [5, 5.41) is 0. The van der Waals surface area contributed by atoms with E-state index in [2.05, 4.69) is 13.8 Å². The molecule has 0 radical (unpaired) electrons. The van der Waals surface area contributed by atoms with Crippen molar-refractivity contribution in [2.45, 2.75) is 32.7 Å². The van der Waals surface area contributed by atoms with Gasteiger partial charge in [0.25, 0.3) is 0 Å². The number of hydrogen-bond acceptors (Lipinski definition) is 1. The Kier molecular flexibility index (Phi) is 0.852. The van der Waals surface area contributed by atoms with Crippen LogP contribution in [-0.4, -0.2) is 6.04 Å². The van der Waals surface area contributed by atoms with Crippen molar-refractivity contribution >= 4 is 0 Å². The molecule has 1 heteroatoms. The Hall–Kier alpha value is -0.0400. The molecule has 9 heavy (non-hydrogen) atoms. The van der Waals surface area contributed by atoms with E-state index in [1.807, 2.05) is 0 Å². The van der Waals surface area contributed by atoms with Gasteiger partial charge in [-0.15, -0.1) is 0 Å². The van der Waals surface area contributed by atoms with Crippen LogP contribution >= 0.6 is 0 Å². The minimum atomic E-state index is 0.463. The second kappa shape index (κ2) is 1.34. The van der Waals surface area contributed by atoms with Gasteiger partial charge in [0.2, 0.25) is 0 Å². The smallest absolute Gasteiger partial charge is 0.00957 e. The first-order valence-corrected chi connectivity index (χ1v) is 3.88. The molecule has 0 spiro atoms. The molecule has 2 rings (SSSR count). The van der Waals surface area contributed by atoms with E-state index in [9.17, 15) is 0 Å². The Morgan fingerprint density at radius 3 is 2.22 bits per heavy atom. The first-order valence-electron chi connectivity index (χ1n) is 3.88. The third kappa shape index (κ3) is 0.586. The van der Waals surface area contributed by atoms with Gasteiger partial charge in [-0.05, 0) is 30.1 Å². The van der Waals surface area contributed by atoms with Gasteiger partial charge < -0.3 is 5.73 Å². The lowest BCUT2D eigenvalue weighted by atomic mass is 9.84. The Bertz CT molecular complexity index is 136. The molecule has 3 atom stereocenters. The first kappa shape index (κ1) is 5.72. The molecule has 0 unspecified atom stereocenters. The molecule has 0 bridgehead atoms. The van der Waals surface area contributed by atoms with Crippen molar-refractivity contribution < 1.29 is 0 Å². The maximum Gasteiger partial charge on any atom is 0.00957 e. The van der Waals surface area contributed by atoms with Gasteiger partial charge >= 0.3 is 0 Å². The minimum absolute atomic E-state index is 0.463.